The van der Waals surface area contributed by atoms with E-state index in [0.717, 1.165) is 19.3 Å². The lowest BCUT2D eigenvalue weighted by Crippen LogP contribution is -2.40. The predicted molar refractivity (Wildman–Crippen MR) is 76.5 cm³/mol. The highest BCUT2D eigenvalue weighted by Crippen LogP contribution is 2.17. The van der Waals surface area contributed by atoms with Gasteiger partial charge in [0.05, 0.1) is 13.2 Å². The van der Waals surface area contributed by atoms with Gasteiger partial charge in [-0.3, -0.25) is 0 Å². The lowest BCUT2D eigenvalue weighted by Gasteiger charge is -2.20. The van der Waals surface area contributed by atoms with Crippen LogP contribution in [0.15, 0.2) is 12.7 Å². The van der Waals surface area contributed by atoms with E-state index >= 15 is 0 Å². The summed E-state index contributed by atoms with van der Waals surface area (Å²) in [5.41, 5.74) is 0. The molecule has 0 spiro atoms. The number of hydrogen-bond acceptors (Lipinski definition) is 5. The van der Waals surface area contributed by atoms with Gasteiger partial charge in [0.2, 0.25) is 0 Å². The number of hydrogen-bond donors (Lipinski definition) is 3. The summed E-state index contributed by atoms with van der Waals surface area (Å²) in [5, 5.41) is 28.7. The third-order valence-corrected chi connectivity index (χ3v) is 3.56. The molecule has 3 N–H and O–H groups in total. The molecular formula is C15H28O5. The van der Waals surface area contributed by atoms with Crippen LogP contribution in [0.1, 0.15) is 38.5 Å². The van der Waals surface area contributed by atoms with Crippen LogP contribution in [0.5, 0.6) is 0 Å². The zero-order chi connectivity index (χ0) is 14.8. The molecular weight excluding hydrogens is 260 g/mol. The maximum atomic E-state index is 9.81. The van der Waals surface area contributed by atoms with Crippen molar-refractivity contribution in [1.82, 2.24) is 0 Å². The first kappa shape index (κ1) is 17.6. The second-order valence-corrected chi connectivity index (χ2v) is 5.34. The zero-order valence-electron chi connectivity index (χ0n) is 12.1. The van der Waals surface area contributed by atoms with Crippen molar-refractivity contribution in [3.8, 4) is 0 Å². The van der Waals surface area contributed by atoms with Crippen molar-refractivity contribution >= 4 is 0 Å². The van der Waals surface area contributed by atoms with Crippen molar-refractivity contribution in [2.45, 2.75) is 62.9 Å². The Morgan fingerprint density at radius 3 is 2.55 bits per heavy atom. The summed E-state index contributed by atoms with van der Waals surface area (Å²) < 4.78 is 10.5. The van der Waals surface area contributed by atoms with Crippen LogP contribution >= 0.6 is 0 Å². The van der Waals surface area contributed by atoms with E-state index in [9.17, 15) is 15.3 Å². The molecule has 5 heteroatoms. The first-order chi connectivity index (χ1) is 9.66. The minimum atomic E-state index is -1.03. The summed E-state index contributed by atoms with van der Waals surface area (Å²) in [6, 6.07) is 0. The number of aliphatic hydroxyl groups is 3. The fourth-order valence-electron chi connectivity index (χ4n) is 2.29. The zero-order valence-corrected chi connectivity index (χ0v) is 12.1. The summed E-state index contributed by atoms with van der Waals surface area (Å²) in [6.07, 6.45) is 5.14. The van der Waals surface area contributed by atoms with Crippen LogP contribution in [0.2, 0.25) is 0 Å². The average molecular weight is 288 g/mol. The molecule has 1 saturated heterocycles. The number of ether oxygens (including phenoxy) is 2. The van der Waals surface area contributed by atoms with Gasteiger partial charge in [-0.15, -0.1) is 6.58 Å². The smallest absolute Gasteiger partial charge is 0.114 e. The van der Waals surface area contributed by atoms with E-state index in [1.807, 2.05) is 6.08 Å². The lowest BCUT2D eigenvalue weighted by molar-refractivity contribution is -0.0813. The molecule has 0 radical (unpaired) electrons. The van der Waals surface area contributed by atoms with Gasteiger partial charge in [-0.2, -0.15) is 0 Å². The van der Waals surface area contributed by atoms with Gasteiger partial charge in [0, 0.05) is 6.61 Å². The molecule has 5 nitrogen and oxygen atoms in total. The standard InChI is InChI=1S/C15H28O5/c1-2-3-4-5-6-7-8-9-19-10-13(17)15-14(18)12(16)11-20-15/h2,12-18H,1,3-11H2/t12-,13+,14-,15-/m0/s1. The molecule has 0 unspecified atom stereocenters. The fraction of sp³-hybridized carbons (Fsp3) is 0.867. The van der Waals surface area contributed by atoms with E-state index in [0.29, 0.717) is 6.61 Å². The minimum Gasteiger partial charge on any atom is -0.388 e. The van der Waals surface area contributed by atoms with Crippen LogP contribution in [-0.4, -0.2) is 59.6 Å². The highest BCUT2D eigenvalue weighted by molar-refractivity contribution is 4.87. The van der Waals surface area contributed by atoms with Gasteiger partial charge in [-0.25, -0.2) is 0 Å². The summed E-state index contributed by atoms with van der Waals surface area (Å²) in [5.74, 6) is 0. The van der Waals surface area contributed by atoms with Crippen LogP contribution in [0, 0.1) is 0 Å². The predicted octanol–water partition coefficient (Wildman–Crippen LogP) is 1.01. The summed E-state index contributed by atoms with van der Waals surface area (Å²) >= 11 is 0. The molecule has 118 valence electrons. The normalized spacial score (nSPS) is 27.6. The Morgan fingerprint density at radius 2 is 1.90 bits per heavy atom. The van der Waals surface area contributed by atoms with E-state index in [1.165, 1.54) is 19.3 Å². The maximum Gasteiger partial charge on any atom is 0.114 e. The quantitative estimate of drug-likeness (QED) is 0.391. The van der Waals surface area contributed by atoms with Crippen molar-refractivity contribution in [2.75, 3.05) is 19.8 Å². The second-order valence-electron chi connectivity index (χ2n) is 5.34. The third-order valence-electron chi connectivity index (χ3n) is 3.56. The number of unbranched alkanes of at least 4 members (excludes halogenated alkanes) is 5. The lowest BCUT2D eigenvalue weighted by atomic mass is 10.1. The average Bonchev–Trinajstić information content (AvgIpc) is 2.77. The Labute approximate surface area is 121 Å². The van der Waals surface area contributed by atoms with Gasteiger partial charge in [0.15, 0.2) is 0 Å². The van der Waals surface area contributed by atoms with Crippen molar-refractivity contribution in [1.29, 1.82) is 0 Å². The molecule has 0 amide bonds. The molecule has 1 rings (SSSR count). The van der Waals surface area contributed by atoms with Crippen LogP contribution in [-0.2, 0) is 9.47 Å². The Balaban J connectivity index is 1.94. The molecule has 4 atom stereocenters. The molecule has 1 aliphatic rings. The van der Waals surface area contributed by atoms with Crippen LogP contribution < -0.4 is 0 Å². The monoisotopic (exact) mass is 288 g/mol. The van der Waals surface area contributed by atoms with Crippen LogP contribution in [0.4, 0.5) is 0 Å². The number of rotatable bonds is 11. The summed E-state index contributed by atoms with van der Waals surface area (Å²) in [4.78, 5) is 0. The van der Waals surface area contributed by atoms with E-state index < -0.39 is 24.4 Å². The minimum absolute atomic E-state index is 0.0631. The van der Waals surface area contributed by atoms with Crippen molar-refractivity contribution in [2.24, 2.45) is 0 Å². The second kappa shape index (κ2) is 10.3. The Hall–Kier alpha value is -0.460. The van der Waals surface area contributed by atoms with Gasteiger partial charge < -0.3 is 24.8 Å². The van der Waals surface area contributed by atoms with Crippen LogP contribution in [0.3, 0.4) is 0 Å². The molecule has 0 bridgehead atoms. The molecule has 0 aromatic carbocycles. The Morgan fingerprint density at radius 1 is 1.20 bits per heavy atom. The van der Waals surface area contributed by atoms with E-state index in [1.54, 1.807) is 0 Å². The van der Waals surface area contributed by atoms with E-state index in [2.05, 4.69) is 6.58 Å². The molecule has 1 fully saturated rings. The van der Waals surface area contributed by atoms with E-state index in [4.69, 9.17) is 9.47 Å². The molecule has 0 aromatic rings. The van der Waals surface area contributed by atoms with E-state index in [-0.39, 0.29) is 13.2 Å². The maximum absolute atomic E-state index is 9.81. The van der Waals surface area contributed by atoms with Gasteiger partial charge in [0.25, 0.3) is 0 Å². The molecule has 0 saturated carbocycles. The van der Waals surface area contributed by atoms with Gasteiger partial charge in [-0.05, 0) is 19.3 Å². The molecule has 1 heterocycles. The molecule has 20 heavy (non-hydrogen) atoms. The topological polar surface area (TPSA) is 79.2 Å². The van der Waals surface area contributed by atoms with Crippen molar-refractivity contribution in [3.63, 3.8) is 0 Å². The fourth-order valence-corrected chi connectivity index (χ4v) is 2.29. The van der Waals surface area contributed by atoms with Crippen LogP contribution in [0.25, 0.3) is 0 Å². The van der Waals surface area contributed by atoms with Gasteiger partial charge in [0.1, 0.15) is 24.4 Å². The number of aliphatic hydroxyl groups excluding tert-OH is 3. The largest absolute Gasteiger partial charge is 0.388 e. The third kappa shape index (κ3) is 6.33. The SMILES string of the molecule is C=CCCCCCCCOC[C@@H](O)[C@@H]1OC[C@H](O)[C@@H]1O. The molecule has 0 aliphatic carbocycles. The highest BCUT2D eigenvalue weighted by atomic mass is 16.5. The summed E-state index contributed by atoms with van der Waals surface area (Å²) in [7, 11) is 0. The number of allylic oxidation sites excluding steroid dienone is 1. The van der Waals surface area contributed by atoms with Gasteiger partial charge >= 0.3 is 0 Å². The van der Waals surface area contributed by atoms with Crippen molar-refractivity contribution < 1.29 is 24.8 Å². The Bertz CT molecular complexity index is 259. The van der Waals surface area contributed by atoms with Gasteiger partial charge in [-0.1, -0.05) is 25.3 Å². The highest BCUT2D eigenvalue weighted by Gasteiger charge is 2.39. The van der Waals surface area contributed by atoms with Crippen molar-refractivity contribution in [3.05, 3.63) is 12.7 Å². The first-order valence-electron chi connectivity index (χ1n) is 7.51. The molecule has 0 aromatic heterocycles. The first-order valence-corrected chi connectivity index (χ1v) is 7.51. The summed E-state index contributed by atoms with van der Waals surface area (Å²) in [6.45, 7) is 4.48. The molecule has 1 aliphatic heterocycles. The Kier molecular flexibility index (Phi) is 9.05.